The van der Waals surface area contributed by atoms with Crippen molar-refractivity contribution in [3.63, 3.8) is 0 Å². The average Bonchev–Trinajstić information content (AvgIpc) is 2.05. The minimum atomic E-state index is 0.467. The van der Waals surface area contributed by atoms with E-state index in [9.17, 15) is 0 Å². The zero-order chi connectivity index (χ0) is 9.10. The molecule has 0 unspecified atom stereocenters. The first kappa shape index (κ1) is 8.29. The predicted octanol–water partition coefficient (Wildman–Crippen LogP) is 1.27. The quantitative estimate of drug-likeness (QED) is 0.731. The molecule has 1 saturated carbocycles. The van der Waals surface area contributed by atoms with Crippen LogP contribution in [-0.2, 0) is 0 Å². The standard InChI is InChI=1S/C9H14N4/c10-8-4-5-9(13-12-8)11-6-7-2-1-3-7/h4-5,7H,1-3,6H2,(H2,10,12)(H,11,13). The lowest BCUT2D eigenvalue weighted by atomic mass is 9.85. The molecule has 1 aromatic rings. The van der Waals surface area contributed by atoms with E-state index in [0.717, 1.165) is 18.3 Å². The average molecular weight is 178 g/mol. The van der Waals surface area contributed by atoms with Crippen LogP contribution in [0.25, 0.3) is 0 Å². The van der Waals surface area contributed by atoms with Crippen molar-refractivity contribution in [1.29, 1.82) is 0 Å². The summed E-state index contributed by atoms with van der Waals surface area (Å²) < 4.78 is 0. The molecule has 2 rings (SSSR count). The SMILES string of the molecule is Nc1ccc(NCC2CCC2)nn1. The van der Waals surface area contributed by atoms with Gasteiger partial charge >= 0.3 is 0 Å². The molecule has 0 saturated heterocycles. The molecule has 13 heavy (non-hydrogen) atoms. The Labute approximate surface area is 77.5 Å². The minimum Gasteiger partial charge on any atom is -0.382 e. The summed E-state index contributed by atoms with van der Waals surface area (Å²) in [7, 11) is 0. The number of anilines is 2. The van der Waals surface area contributed by atoms with E-state index >= 15 is 0 Å². The zero-order valence-electron chi connectivity index (χ0n) is 7.53. The highest BCUT2D eigenvalue weighted by Gasteiger charge is 2.16. The molecule has 0 aliphatic heterocycles. The molecule has 1 aromatic heterocycles. The van der Waals surface area contributed by atoms with E-state index in [-0.39, 0.29) is 0 Å². The third-order valence-electron chi connectivity index (χ3n) is 2.48. The van der Waals surface area contributed by atoms with Crippen LogP contribution in [0.4, 0.5) is 11.6 Å². The van der Waals surface area contributed by atoms with Gasteiger partial charge in [-0.1, -0.05) is 6.42 Å². The molecule has 4 heteroatoms. The molecule has 0 amide bonds. The monoisotopic (exact) mass is 178 g/mol. The van der Waals surface area contributed by atoms with Crippen LogP contribution in [0.1, 0.15) is 19.3 Å². The number of hydrogen-bond acceptors (Lipinski definition) is 4. The third kappa shape index (κ3) is 2.08. The van der Waals surface area contributed by atoms with Crippen molar-refractivity contribution >= 4 is 11.6 Å². The molecule has 0 atom stereocenters. The minimum absolute atomic E-state index is 0.467. The van der Waals surface area contributed by atoms with Crippen molar-refractivity contribution in [2.75, 3.05) is 17.6 Å². The molecular weight excluding hydrogens is 164 g/mol. The predicted molar refractivity (Wildman–Crippen MR) is 52.3 cm³/mol. The van der Waals surface area contributed by atoms with Crippen LogP contribution in [0.15, 0.2) is 12.1 Å². The molecule has 4 nitrogen and oxygen atoms in total. The van der Waals surface area contributed by atoms with E-state index in [4.69, 9.17) is 5.73 Å². The van der Waals surface area contributed by atoms with E-state index in [0.29, 0.717) is 5.82 Å². The van der Waals surface area contributed by atoms with Gasteiger partial charge in [0.15, 0.2) is 0 Å². The molecule has 0 aromatic carbocycles. The first-order valence-corrected chi connectivity index (χ1v) is 4.67. The fourth-order valence-corrected chi connectivity index (χ4v) is 1.38. The van der Waals surface area contributed by atoms with Crippen LogP contribution < -0.4 is 11.1 Å². The highest BCUT2D eigenvalue weighted by molar-refractivity contribution is 5.38. The lowest BCUT2D eigenvalue weighted by Crippen LogP contribution is -2.21. The number of nitrogens with one attached hydrogen (secondary N) is 1. The number of aromatic nitrogens is 2. The summed E-state index contributed by atoms with van der Waals surface area (Å²) in [4.78, 5) is 0. The Hall–Kier alpha value is -1.32. The van der Waals surface area contributed by atoms with E-state index in [2.05, 4.69) is 15.5 Å². The molecule has 0 bridgehead atoms. The van der Waals surface area contributed by atoms with Gasteiger partial charge in [-0.2, -0.15) is 0 Å². The van der Waals surface area contributed by atoms with Crippen molar-refractivity contribution in [2.45, 2.75) is 19.3 Å². The van der Waals surface area contributed by atoms with Crippen LogP contribution in [-0.4, -0.2) is 16.7 Å². The van der Waals surface area contributed by atoms with Gasteiger partial charge in [-0.15, -0.1) is 10.2 Å². The van der Waals surface area contributed by atoms with Gasteiger partial charge in [0.25, 0.3) is 0 Å². The van der Waals surface area contributed by atoms with Gasteiger partial charge in [0.2, 0.25) is 0 Å². The van der Waals surface area contributed by atoms with Gasteiger partial charge in [-0.05, 0) is 30.9 Å². The summed E-state index contributed by atoms with van der Waals surface area (Å²) in [5.41, 5.74) is 5.42. The van der Waals surface area contributed by atoms with E-state index < -0.39 is 0 Å². The van der Waals surface area contributed by atoms with Crippen LogP contribution in [0.5, 0.6) is 0 Å². The maximum absolute atomic E-state index is 5.42. The maximum atomic E-state index is 5.42. The summed E-state index contributed by atoms with van der Waals surface area (Å²) in [6.45, 7) is 1.01. The fourth-order valence-electron chi connectivity index (χ4n) is 1.38. The number of nitrogens with two attached hydrogens (primary N) is 1. The smallest absolute Gasteiger partial charge is 0.148 e. The number of nitrogens with zero attached hydrogens (tertiary/aromatic N) is 2. The highest BCUT2D eigenvalue weighted by atomic mass is 15.2. The second kappa shape index (κ2) is 3.60. The Morgan fingerprint density at radius 2 is 2.23 bits per heavy atom. The van der Waals surface area contributed by atoms with Crippen molar-refractivity contribution < 1.29 is 0 Å². The lowest BCUT2D eigenvalue weighted by molar-refractivity contribution is 0.333. The largest absolute Gasteiger partial charge is 0.382 e. The Bertz CT molecular complexity index is 265. The summed E-state index contributed by atoms with van der Waals surface area (Å²) in [6.07, 6.45) is 4.06. The molecule has 1 aliphatic rings. The van der Waals surface area contributed by atoms with Gasteiger partial charge in [0, 0.05) is 6.54 Å². The Kier molecular flexibility index (Phi) is 2.29. The van der Waals surface area contributed by atoms with Crippen molar-refractivity contribution in [3.05, 3.63) is 12.1 Å². The molecule has 1 aliphatic carbocycles. The van der Waals surface area contributed by atoms with Crippen LogP contribution in [0, 0.1) is 5.92 Å². The van der Waals surface area contributed by atoms with Gasteiger partial charge in [-0.25, -0.2) is 0 Å². The van der Waals surface area contributed by atoms with E-state index in [1.54, 1.807) is 6.07 Å². The normalized spacial score (nSPS) is 16.6. The van der Waals surface area contributed by atoms with Crippen molar-refractivity contribution in [2.24, 2.45) is 5.92 Å². The van der Waals surface area contributed by atoms with Crippen LogP contribution in [0.2, 0.25) is 0 Å². The number of hydrogen-bond donors (Lipinski definition) is 2. The Balaban J connectivity index is 1.83. The topological polar surface area (TPSA) is 63.8 Å². The highest BCUT2D eigenvalue weighted by Crippen LogP contribution is 2.26. The van der Waals surface area contributed by atoms with E-state index in [1.807, 2.05) is 6.07 Å². The molecule has 1 heterocycles. The maximum Gasteiger partial charge on any atom is 0.148 e. The van der Waals surface area contributed by atoms with Gasteiger partial charge in [0.1, 0.15) is 11.6 Å². The second-order valence-electron chi connectivity index (χ2n) is 3.52. The number of nitrogen functional groups attached to an aromatic ring is 1. The summed E-state index contributed by atoms with van der Waals surface area (Å²) in [6, 6.07) is 3.62. The van der Waals surface area contributed by atoms with Gasteiger partial charge in [0.05, 0.1) is 0 Å². The summed E-state index contributed by atoms with van der Waals surface area (Å²) >= 11 is 0. The second-order valence-corrected chi connectivity index (χ2v) is 3.52. The zero-order valence-corrected chi connectivity index (χ0v) is 7.53. The molecular formula is C9H14N4. The van der Waals surface area contributed by atoms with E-state index in [1.165, 1.54) is 19.3 Å². The molecule has 1 fully saturated rings. The summed E-state index contributed by atoms with van der Waals surface area (Å²) in [5, 5.41) is 10.9. The van der Waals surface area contributed by atoms with Gasteiger partial charge < -0.3 is 11.1 Å². The first-order valence-electron chi connectivity index (χ1n) is 4.67. The number of rotatable bonds is 3. The van der Waals surface area contributed by atoms with Crippen molar-refractivity contribution in [3.8, 4) is 0 Å². The fraction of sp³-hybridized carbons (Fsp3) is 0.556. The Morgan fingerprint density at radius 3 is 2.77 bits per heavy atom. The molecule has 3 N–H and O–H groups in total. The molecule has 0 radical (unpaired) electrons. The summed E-state index contributed by atoms with van der Waals surface area (Å²) in [5.74, 6) is 2.12. The van der Waals surface area contributed by atoms with Gasteiger partial charge in [-0.3, -0.25) is 0 Å². The van der Waals surface area contributed by atoms with Crippen LogP contribution in [0.3, 0.4) is 0 Å². The Morgan fingerprint density at radius 1 is 1.38 bits per heavy atom. The van der Waals surface area contributed by atoms with Crippen molar-refractivity contribution in [1.82, 2.24) is 10.2 Å². The molecule has 0 spiro atoms. The lowest BCUT2D eigenvalue weighted by Gasteiger charge is -2.25. The molecule has 70 valence electrons. The third-order valence-corrected chi connectivity index (χ3v) is 2.48. The van der Waals surface area contributed by atoms with Crippen LogP contribution >= 0.6 is 0 Å². The first-order chi connectivity index (χ1) is 6.34.